The van der Waals surface area contributed by atoms with Crippen molar-refractivity contribution >= 4 is 11.6 Å². The van der Waals surface area contributed by atoms with E-state index in [0.717, 1.165) is 18.4 Å². The Morgan fingerprint density at radius 1 is 1.21 bits per heavy atom. The van der Waals surface area contributed by atoms with E-state index in [0.29, 0.717) is 30.2 Å². The van der Waals surface area contributed by atoms with Crippen molar-refractivity contribution in [2.24, 2.45) is 0 Å². The lowest BCUT2D eigenvalue weighted by Crippen LogP contribution is -2.12. The van der Waals surface area contributed by atoms with Crippen LogP contribution in [0.2, 0.25) is 0 Å². The Hall–Kier alpha value is -2.40. The minimum Gasteiger partial charge on any atom is -0.496 e. The highest BCUT2D eigenvalue weighted by atomic mass is 19.1. The van der Waals surface area contributed by atoms with E-state index in [4.69, 9.17) is 9.47 Å². The Morgan fingerprint density at radius 3 is 2.75 bits per heavy atom. The molecule has 2 aromatic carbocycles. The van der Waals surface area contributed by atoms with Crippen LogP contribution in [-0.4, -0.2) is 19.6 Å². The maximum atomic E-state index is 13.2. The standard InChI is InChI=1S/C19H22FNO3/c1-3-4-10-24-13-15-11-14(8-9-18(15)23-2)19(22)21-17-7-5-6-16(20)12-17/h5-9,11-12H,3-4,10,13H2,1-2H3,(H,21,22). The summed E-state index contributed by atoms with van der Waals surface area (Å²) in [4.78, 5) is 12.3. The number of methoxy groups -OCH3 is 1. The normalized spacial score (nSPS) is 10.5. The average molecular weight is 331 g/mol. The van der Waals surface area contributed by atoms with Crippen LogP contribution in [0, 0.1) is 5.82 Å². The highest BCUT2D eigenvalue weighted by Gasteiger charge is 2.11. The van der Waals surface area contributed by atoms with Gasteiger partial charge in [0.2, 0.25) is 0 Å². The number of hydrogen-bond acceptors (Lipinski definition) is 3. The van der Waals surface area contributed by atoms with Crippen molar-refractivity contribution in [3.05, 3.63) is 59.4 Å². The molecule has 24 heavy (non-hydrogen) atoms. The van der Waals surface area contributed by atoms with Crippen LogP contribution in [0.3, 0.4) is 0 Å². The van der Waals surface area contributed by atoms with Gasteiger partial charge in [-0.05, 0) is 42.8 Å². The van der Waals surface area contributed by atoms with Gasteiger partial charge in [-0.25, -0.2) is 4.39 Å². The van der Waals surface area contributed by atoms with Gasteiger partial charge >= 0.3 is 0 Å². The second-order valence-electron chi connectivity index (χ2n) is 5.40. The highest BCUT2D eigenvalue weighted by Crippen LogP contribution is 2.22. The zero-order valence-electron chi connectivity index (χ0n) is 14.0. The molecule has 2 rings (SSSR count). The first-order chi connectivity index (χ1) is 11.6. The molecule has 1 N–H and O–H groups in total. The van der Waals surface area contributed by atoms with Gasteiger partial charge in [0.1, 0.15) is 11.6 Å². The van der Waals surface area contributed by atoms with Gasteiger partial charge in [-0.1, -0.05) is 19.4 Å². The van der Waals surface area contributed by atoms with E-state index in [1.165, 1.54) is 12.1 Å². The predicted molar refractivity (Wildman–Crippen MR) is 91.9 cm³/mol. The van der Waals surface area contributed by atoms with Gasteiger partial charge in [0.25, 0.3) is 5.91 Å². The van der Waals surface area contributed by atoms with E-state index in [2.05, 4.69) is 12.2 Å². The summed E-state index contributed by atoms with van der Waals surface area (Å²) in [6.45, 7) is 3.14. The molecule has 1 amide bonds. The van der Waals surface area contributed by atoms with Crippen LogP contribution in [0.4, 0.5) is 10.1 Å². The maximum absolute atomic E-state index is 13.2. The third kappa shape index (κ3) is 5.06. The second-order valence-corrected chi connectivity index (χ2v) is 5.40. The van der Waals surface area contributed by atoms with E-state index in [9.17, 15) is 9.18 Å². The van der Waals surface area contributed by atoms with Crippen LogP contribution in [-0.2, 0) is 11.3 Å². The van der Waals surface area contributed by atoms with Crippen LogP contribution in [0.5, 0.6) is 5.75 Å². The fourth-order valence-electron chi connectivity index (χ4n) is 2.23. The van der Waals surface area contributed by atoms with Gasteiger partial charge in [0.15, 0.2) is 0 Å². The first kappa shape index (κ1) is 17.9. The topological polar surface area (TPSA) is 47.6 Å². The van der Waals surface area contributed by atoms with Crippen molar-refractivity contribution < 1.29 is 18.7 Å². The molecule has 0 aliphatic heterocycles. The summed E-state index contributed by atoms with van der Waals surface area (Å²) in [6, 6.07) is 10.9. The van der Waals surface area contributed by atoms with Crippen LogP contribution >= 0.6 is 0 Å². The Morgan fingerprint density at radius 2 is 2.04 bits per heavy atom. The predicted octanol–water partition coefficient (Wildman–Crippen LogP) is 4.40. The van der Waals surface area contributed by atoms with Crippen LogP contribution < -0.4 is 10.1 Å². The molecular weight excluding hydrogens is 309 g/mol. The molecule has 4 nitrogen and oxygen atoms in total. The summed E-state index contributed by atoms with van der Waals surface area (Å²) in [5.74, 6) is -0.0283. The third-order valence-electron chi connectivity index (χ3n) is 3.52. The molecule has 0 atom stereocenters. The van der Waals surface area contributed by atoms with Crippen molar-refractivity contribution in [3.63, 3.8) is 0 Å². The number of hydrogen-bond donors (Lipinski definition) is 1. The number of anilines is 1. The highest BCUT2D eigenvalue weighted by molar-refractivity contribution is 6.04. The van der Waals surface area contributed by atoms with Gasteiger partial charge < -0.3 is 14.8 Å². The summed E-state index contributed by atoms with van der Waals surface area (Å²) in [6.07, 6.45) is 2.05. The van der Waals surface area contributed by atoms with E-state index in [-0.39, 0.29) is 5.91 Å². The molecule has 0 heterocycles. The van der Waals surface area contributed by atoms with Crippen molar-refractivity contribution in [2.45, 2.75) is 26.4 Å². The van der Waals surface area contributed by atoms with Gasteiger partial charge in [0, 0.05) is 23.4 Å². The van der Waals surface area contributed by atoms with Crippen molar-refractivity contribution in [2.75, 3.05) is 19.0 Å². The minimum absolute atomic E-state index is 0.307. The molecule has 0 radical (unpaired) electrons. The second kappa shape index (κ2) is 9.03. The van der Waals surface area contributed by atoms with E-state index in [1.54, 1.807) is 37.4 Å². The summed E-state index contributed by atoms with van der Waals surface area (Å²) < 4.78 is 24.1. The average Bonchev–Trinajstić information content (AvgIpc) is 2.58. The number of nitrogens with one attached hydrogen (secondary N) is 1. The summed E-state index contributed by atoms with van der Waals surface area (Å²) >= 11 is 0. The van der Waals surface area contributed by atoms with Crippen molar-refractivity contribution in [1.82, 2.24) is 0 Å². The molecule has 5 heteroatoms. The van der Waals surface area contributed by atoms with Crippen LogP contribution in [0.25, 0.3) is 0 Å². The molecule has 0 unspecified atom stereocenters. The largest absolute Gasteiger partial charge is 0.496 e. The summed E-state index contributed by atoms with van der Waals surface area (Å²) in [5, 5.41) is 2.68. The van der Waals surface area contributed by atoms with Crippen molar-refractivity contribution in [3.8, 4) is 5.75 Å². The number of amides is 1. The van der Waals surface area contributed by atoms with Crippen LogP contribution in [0.1, 0.15) is 35.7 Å². The number of halogens is 1. The zero-order valence-corrected chi connectivity index (χ0v) is 14.0. The summed E-state index contributed by atoms with van der Waals surface area (Å²) in [5.41, 5.74) is 1.69. The van der Waals surface area contributed by atoms with E-state index in [1.807, 2.05) is 0 Å². The Bertz CT molecular complexity index is 688. The zero-order chi connectivity index (χ0) is 17.4. The first-order valence-corrected chi connectivity index (χ1v) is 7.95. The van der Waals surface area contributed by atoms with Gasteiger partial charge in [0.05, 0.1) is 13.7 Å². The Labute approximate surface area is 141 Å². The quantitative estimate of drug-likeness (QED) is 0.729. The molecule has 0 fully saturated rings. The molecule has 0 saturated heterocycles. The number of ether oxygens (including phenoxy) is 2. The number of carbonyl (C=O) groups excluding carboxylic acids is 1. The number of unbranched alkanes of at least 4 members (excludes halogenated alkanes) is 1. The molecule has 0 aliphatic carbocycles. The van der Waals surface area contributed by atoms with Gasteiger partial charge in [-0.2, -0.15) is 0 Å². The molecule has 0 aliphatic rings. The lowest BCUT2D eigenvalue weighted by molar-refractivity contribution is 0.102. The molecule has 128 valence electrons. The fourth-order valence-corrected chi connectivity index (χ4v) is 2.23. The number of benzene rings is 2. The SMILES string of the molecule is CCCCOCc1cc(C(=O)Nc2cccc(F)c2)ccc1OC. The number of rotatable bonds is 8. The molecule has 0 aromatic heterocycles. The molecule has 0 saturated carbocycles. The minimum atomic E-state index is -0.396. The molecule has 2 aromatic rings. The molecule has 0 spiro atoms. The smallest absolute Gasteiger partial charge is 0.255 e. The lowest BCUT2D eigenvalue weighted by Gasteiger charge is -2.12. The summed E-state index contributed by atoms with van der Waals surface area (Å²) in [7, 11) is 1.58. The van der Waals surface area contributed by atoms with Crippen LogP contribution in [0.15, 0.2) is 42.5 Å². The van der Waals surface area contributed by atoms with Gasteiger partial charge in [-0.15, -0.1) is 0 Å². The monoisotopic (exact) mass is 331 g/mol. The molecular formula is C19H22FNO3. The fraction of sp³-hybridized carbons (Fsp3) is 0.316. The Balaban J connectivity index is 2.10. The maximum Gasteiger partial charge on any atom is 0.255 e. The van der Waals surface area contributed by atoms with E-state index < -0.39 is 5.82 Å². The van der Waals surface area contributed by atoms with E-state index >= 15 is 0 Å². The van der Waals surface area contributed by atoms with Crippen molar-refractivity contribution in [1.29, 1.82) is 0 Å². The molecule has 0 bridgehead atoms. The number of carbonyl (C=O) groups is 1. The first-order valence-electron chi connectivity index (χ1n) is 7.95. The Kier molecular flexibility index (Phi) is 6.75. The third-order valence-corrected chi connectivity index (χ3v) is 3.52. The van der Waals surface area contributed by atoms with Gasteiger partial charge in [-0.3, -0.25) is 4.79 Å². The lowest BCUT2D eigenvalue weighted by atomic mass is 10.1.